The minimum Gasteiger partial charge on any atom is -0.380 e. The van der Waals surface area contributed by atoms with Crippen LogP contribution in [0.3, 0.4) is 0 Å². The Labute approximate surface area is 119 Å². The molecule has 2 rings (SSSR count). The molecule has 3 nitrogen and oxygen atoms in total. The zero-order chi connectivity index (χ0) is 13.6. The summed E-state index contributed by atoms with van der Waals surface area (Å²) in [6.45, 7) is 8.30. The summed E-state index contributed by atoms with van der Waals surface area (Å²) < 4.78 is 5.50. The Balaban J connectivity index is 1.86. The lowest BCUT2D eigenvalue weighted by atomic mass is 9.73. The van der Waals surface area contributed by atoms with E-state index in [1.54, 1.807) is 0 Å². The minimum absolute atomic E-state index is 0.476. The Morgan fingerprint density at radius 3 is 2.68 bits per heavy atom. The number of ether oxygens (including phenoxy) is 1. The van der Waals surface area contributed by atoms with E-state index in [1.165, 1.54) is 71.1 Å². The fraction of sp³-hybridized carbons (Fsp3) is 1.00. The number of nitrogens with zero attached hydrogens (tertiary/aromatic N) is 1. The summed E-state index contributed by atoms with van der Waals surface area (Å²) in [6.07, 6.45) is 10.1. The third-order valence-electron chi connectivity index (χ3n) is 4.96. The van der Waals surface area contributed by atoms with Crippen molar-refractivity contribution in [2.24, 2.45) is 5.41 Å². The van der Waals surface area contributed by atoms with Crippen LogP contribution in [0.4, 0.5) is 0 Å². The van der Waals surface area contributed by atoms with Crippen LogP contribution in [0.1, 0.15) is 51.9 Å². The SMILES string of the molecule is CCCNCC1(CN2CCC(OC)C2)CCCCC1. The predicted octanol–water partition coefficient (Wildman–Crippen LogP) is 2.66. The smallest absolute Gasteiger partial charge is 0.0710 e. The second-order valence-electron chi connectivity index (χ2n) is 6.62. The molecule has 3 heteroatoms. The molecule has 1 saturated carbocycles. The summed E-state index contributed by atoms with van der Waals surface area (Å²) >= 11 is 0. The van der Waals surface area contributed by atoms with E-state index < -0.39 is 0 Å². The van der Waals surface area contributed by atoms with E-state index in [4.69, 9.17) is 4.74 Å². The number of likely N-dealkylation sites (tertiary alicyclic amines) is 1. The molecule has 0 aromatic carbocycles. The van der Waals surface area contributed by atoms with Crippen LogP contribution in [0.5, 0.6) is 0 Å². The first-order valence-electron chi connectivity index (χ1n) is 8.24. The molecular weight excluding hydrogens is 236 g/mol. The van der Waals surface area contributed by atoms with E-state index in [-0.39, 0.29) is 0 Å². The summed E-state index contributed by atoms with van der Waals surface area (Å²) in [4.78, 5) is 2.65. The Morgan fingerprint density at radius 1 is 1.26 bits per heavy atom. The van der Waals surface area contributed by atoms with Crippen molar-refractivity contribution in [1.29, 1.82) is 0 Å². The maximum absolute atomic E-state index is 5.50. The van der Waals surface area contributed by atoms with Gasteiger partial charge in [-0.15, -0.1) is 0 Å². The van der Waals surface area contributed by atoms with Gasteiger partial charge in [-0.2, -0.15) is 0 Å². The third kappa shape index (κ3) is 4.44. The van der Waals surface area contributed by atoms with Crippen molar-refractivity contribution in [3.63, 3.8) is 0 Å². The summed E-state index contributed by atoms with van der Waals surface area (Å²) in [7, 11) is 1.85. The summed E-state index contributed by atoms with van der Waals surface area (Å²) in [5.74, 6) is 0. The molecule has 1 atom stereocenters. The Bertz CT molecular complexity index is 251. The highest BCUT2D eigenvalue weighted by molar-refractivity contribution is 4.90. The highest BCUT2D eigenvalue weighted by atomic mass is 16.5. The van der Waals surface area contributed by atoms with Crippen molar-refractivity contribution in [1.82, 2.24) is 10.2 Å². The van der Waals surface area contributed by atoms with Crippen LogP contribution in [0.15, 0.2) is 0 Å². The average molecular weight is 268 g/mol. The van der Waals surface area contributed by atoms with Gasteiger partial charge in [0, 0.05) is 33.3 Å². The maximum atomic E-state index is 5.50. The van der Waals surface area contributed by atoms with Gasteiger partial charge in [0.05, 0.1) is 6.10 Å². The van der Waals surface area contributed by atoms with Crippen molar-refractivity contribution in [3.8, 4) is 0 Å². The van der Waals surface area contributed by atoms with Crippen molar-refractivity contribution in [2.75, 3.05) is 39.8 Å². The molecule has 1 heterocycles. The van der Waals surface area contributed by atoms with Gasteiger partial charge < -0.3 is 15.0 Å². The van der Waals surface area contributed by atoms with E-state index in [0.717, 1.165) is 6.54 Å². The zero-order valence-electron chi connectivity index (χ0n) is 12.9. The van der Waals surface area contributed by atoms with Gasteiger partial charge in [0.15, 0.2) is 0 Å². The normalized spacial score (nSPS) is 27.8. The average Bonchev–Trinajstić information content (AvgIpc) is 2.87. The quantitative estimate of drug-likeness (QED) is 0.718. The van der Waals surface area contributed by atoms with Crippen LogP contribution in [-0.2, 0) is 4.74 Å². The van der Waals surface area contributed by atoms with Gasteiger partial charge in [0.2, 0.25) is 0 Å². The van der Waals surface area contributed by atoms with Gasteiger partial charge in [0.1, 0.15) is 0 Å². The van der Waals surface area contributed by atoms with Crippen LogP contribution < -0.4 is 5.32 Å². The van der Waals surface area contributed by atoms with Crippen molar-refractivity contribution < 1.29 is 4.74 Å². The van der Waals surface area contributed by atoms with E-state index in [1.807, 2.05) is 7.11 Å². The molecule has 0 aromatic rings. The van der Waals surface area contributed by atoms with Gasteiger partial charge >= 0.3 is 0 Å². The Morgan fingerprint density at radius 2 is 2.05 bits per heavy atom. The highest BCUT2D eigenvalue weighted by Gasteiger charge is 2.35. The molecule has 112 valence electrons. The van der Waals surface area contributed by atoms with E-state index in [0.29, 0.717) is 11.5 Å². The molecule has 1 saturated heterocycles. The van der Waals surface area contributed by atoms with Crippen molar-refractivity contribution in [3.05, 3.63) is 0 Å². The lowest BCUT2D eigenvalue weighted by molar-refractivity contribution is 0.0837. The highest BCUT2D eigenvalue weighted by Crippen LogP contribution is 2.37. The molecule has 0 aromatic heterocycles. The van der Waals surface area contributed by atoms with E-state index in [9.17, 15) is 0 Å². The lowest BCUT2D eigenvalue weighted by Gasteiger charge is -2.40. The van der Waals surface area contributed by atoms with Gasteiger partial charge in [0.25, 0.3) is 0 Å². The van der Waals surface area contributed by atoms with Crippen molar-refractivity contribution >= 4 is 0 Å². The Kier molecular flexibility index (Phi) is 6.11. The van der Waals surface area contributed by atoms with Crippen LogP contribution in [0.2, 0.25) is 0 Å². The summed E-state index contributed by atoms with van der Waals surface area (Å²) in [5.41, 5.74) is 0.538. The molecule has 1 aliphatic carbocycles. The largest absolute Gasteiger partial charge is 0.380 e. The number of hydrogen-bond acceptors (Lipinski definition) is 3. The topological polar surface area (TPSA) is 24.5 Å². The first kappa shape index (κ1) is 15.3. The second kappa shape index (κ2) is 7.61. The fourth-order valence-corrected chi connectivity index (χ4v) is 3.83. The van der Waals surface area contributed by atoms with Gasteiger partial charge in [-0.25, -0.2) is 0 Å². The maximum Gasteiger partial charge on any atom is 0.0710 e. The Hall–Kier alpha value is -0.120. The van der Waals surface area contributed by atoms with E-state index >= 15 is 0 Å². The van der Waals surface area contributed by atoms with Gasteiger partial charge in [-0.1, -0.05) is 26.2 Å². The van der Waals surface area contributed by atoms with Crippen LogP contribution in [0, 0.1) is 5.41 Å². The molecule has 19 heavy (non-hydrogen) atoms. The summed E-state index contributed by atoms with van der Waals surface area (Å²) in [6, 6.07) is 0. The number of methoxy groups -OCH3 is 1. The first-order chi connectivity index (χ1) is 9.28. The predicted molar refractivity (Wildman–Crippen MR) is 80.5 cm³/mol. The van der Waals surface area contributed by atoms with Crippen LogP contribution >= 0.6 is 0 Å². The molecule has 1 aliphatic heterocycles. The van der Waals surface area contributed by atoms with Crippen molar-refractivity contribution in [2.45, 2.75) is 58.0 Å². The molecule has 0 amide bonds. The molecule has 2 aliphatic rings. The van der Waals surface area contributed by atoms with Crippen LogP contribution in [0.25, 0.3) is 0 Å². The molecular formula is C16H32N2O. The van der Waals surface area contributed by atoms with Crippen LogP contribution in [-0.4, -0.2) is 50.8 Å². The summed E-state index contributed by atoms with van der Waals surface area (Å²) in [5, 5.41) is 3.69. The molecule has 2 fully saturated rings. The number of rotatable bonds is 7. The zero-order valence-corrected chi connectivity index (χ0v) is 12.9. The van der Waals surface area contributed by atoms with E-state index in [2.05, 4.69) is 17.1 Å². The minimum atomic E-state index is 0.476. The lowest BCUT2D eigenvalue weighted by Crippen LogP contribution is -2.45. The third-order valence-corrected chi connectivity index (χ3v) is 4.96. The molecule has 0 bridgehead atoms. The standard InChI is InChI=1S/C16H32N2O/c1-3-10-17-13-16(8-5-4-6-9-16)14-18-11-7-15(12-18)19-2/h15,17H,3-14H2,1-2H3. The van der Waals surface area contributed by atoms with Gasteiger partial charge in [-0.05, 0) is 37.6 Å². The van der Waals surface area contributed by atoms with Gasteiger partial charge in [-0.3, -0.25) is 0 Å². The molecule has 1 N–H and O–H groups in total. The molecule has 0 spiro atoms. The monoisotopic (exact) mass is 268 g/mol. The number of hydrogen-bond donors (Lipinski definition) is 1. The fourth-order valence-electron chi connectivity index (χ4n) is 3.83. The first-order valence-corrected chi connectivity index (χ1v) is 8.24. The second-order valence-corrected chi connectivity index (χ2v) is 6.62. The molecule has 0 radical (unpaired) electrons. The number of nitrogens with one attached hydrogen (secondary N) is 1. The molecule has 1 unspecified atom stereocenters.